The SMILES string of the molecule is CC1=Nc2cc3cccc(C(=O)[O-])c3cc2C1C. The molecule has 0 N–H and O–H groups in total. The summed E-state index contributed by atoms with van der Waals surface area (Å²) < 4.78 is 0. The van der Waals surface area contributed by atoms with E-state index in [2.05, 4.69) is 11.9 Å². The van der Waals surface area contributed by atoms with Gasteiger partial charge < -0.3 is 9.90 Å². The molecule has 0 saturated carbocycles. The highest BCUT2D eigenvalue weighted by atomic mass is 16.4. The van der Waals surface area contributed by atoms with Crippen molar-refractivity contribution in [3.05, 3.63) is 41.5 Å². The summed E-state index contributed by atoms with van der Waals surface area (Å²) in [6.45, 7) is 4.08. The number of benzene rings is 2. The molecule has 1 atom stereocenters. The summed E-state index contributed by atoms with van der Waals surface area (Å²) in [5.74, 6) is -0.886. The van der Waals surface area contributed by atoms with E-state index in [0.717, 1.165) is 27.7 Å². The minimum atomic E-state index is -1.14. The zero-order chi connectivity index (χ0) is 12.9. The van der Waals surface area contributed by atoms with Crippen LogP contribution in [0.1, 0.15) is 35.7 Å². The predicted octanol–water partition coefficient (Wildman–Crippen LogP) is 2.41. The summed E-state index contributed by atoms with van der Waals surface area (Å²) in [5.41, 5.74) is 3.35. The Bertz CT molecular complexity index is 701. The molecule has 1 unspecified atom stereocenters. The number of carbonyl (C=O) groups is 1. The van der Waals surface area contributed by atoms with E-state index in [4.69, 9.17) is 0 Å². The van der Waals surface area contributed by atoms with Crippen molar-refractivity contribution in [1.82, 2.24) is 0 Å². The van der Waals surface area contributed by atoms with Crippen molar-refractivity contribution >= 4 is 28.1 Å². The molecule has 3 heteroatoms. The maximum absolute atomic E-state index is 11.1. The Balaban J connectivity index is 2.34. The van der Waals surface area contributed by atoms with Crippen molar-refractivity contribution < 1.29 is 9.90 Å². The zero-order valence-electron chi connectivity index (χ0n) is 10.2. The van der Waals surface area contributed by atoms with Crippen LogP contribution >= 0.6 is 0 Å². The lowest BCUT2D eigenvalue weighted by Crippen LogP contribution is -2.22. The number of carboxylic acid groups (broad SMARTS) is 1. The first-order valence-electron chi connectivity index (χ1n) is 5.91. The second-order valence-corrected chi connectivity index (χ2v) is 4.70. The lowest BCUT2D eigenvalue weighted by molar-refractivity contribution is -0.254. The molecule has 90 valence electrons. The molecule has 18 heavy (non-hydrogen) atoms. The second kappa shape index (κ2) is 3.67. The van der Waals surface area contributed by atoms with Crippen molar-refractivity contribution in [2.75, 3.05) is 0 Å². The molecule has 1 aliphatic rings. The molecule has 1 heterocycles. The van der Waals surface area contributed by atoms with Crippen molar-refractivity contribution in [3.8, 4) is 0 Å². The van der Waals surface area contributed by atoms with E-state index >= 15 is 0 Å². The van der Waals surface area contributed by atoms with E-state index in [1.54, 1.807) is 12.1 Å². The number of carboxylic acids is 1. The lowest BCUT2D eigenvalue weighted by Gasteiger charge is -2.11. The number of aromatic carboxylic acids is 1. The van der Waals surface area contributed by atoms with Gasteiger partial charge in [0.1, 0.15) is 0 Å². The number of aliphatic imine (C=N–C) groups is 1. The van der Waals surface area contributed by atoms with Crippen LogP contribution in [0.25, 0.3) is 10.8 Å². The first-order valence-corrected chi connectivity index (χ1v) is 5.91. The van der Waals surface area contributed by atoms with Gasteiger partial charge in [-0.1, -0.05) is 25.1 Å². The summed E-state index contributed by atoms with van der Waals surface area (Å²) in [5, 5.41) is 12.7. The van der Waals surface area contributed by atoms with E-state index < -0.39 is 5.97 Å². The highest BCUT2D eigenvalue weighted by Crippen LogP contribution is 2.38. The normalized spacial score (nSPS) is 17.7. The predicted molar refractivity (Wildman–Crippen MR) is 69.5 cm³/mol. The van der Waals surface area contributed by atoms with Crippen molar-refractivity contribution in [2.24, 2.45) is 4.99 Å². The zero-order valence-corrected chi connectivity index (χ0v) is 10.2. The maximum atomic E-state index is 11.1. The summed E-state index contributed by atoms with van der Waals surface area (Å²) in [7, 11) is 0. The van der Waals surface area contributed by atoms with E-state index in [-0.39, 0.29) is 11.5 Å². The summed E-state index contributed by atoms with van der Waals surface area (Å²) in [6.07, 6.45) is 0. The summed E-state index contributed by atoms with van der Waals surface area (Å²) in [6, 6.07) is 9.09. The molecule has 1 aliphatic heterocycles. The molecule has 2 aromatic carbocycles. The molecule has 0 aliphatic carbocycles. The fourth-order valence-electron chi connectivity index (χ4n) is 2.46. The Hall–Kier alpha value is -2.16. The smallest absolute Gasteiger partial charge is 0.0721 e. The standard InChI is InChI=1S/C15H13NO2/c1-8-9(2)16-14-6-10-4-3-5-11(15(17)18)13(10)7-12(8)14/h3-8H,1-2H3,(H,17,18)/p-1. The van der Waals surface area contributed by atoms with Gasteiger partial charge in [0, 0.05) is 17.2 Å². The number of fused-ring (bicyclic) bond motifs is 2. The minimum Gasteiger partial charge on any atom is -0.545 e. The highest BCUT2D eigenvalue weighted by molar-refractivity contribution is 6.06. The molecule has 0 radical (unpaired) electrons. The molecular formula is C15H12NO2-. The van der Waals surface area contributed by atoms with Crippen molar-refractivity contribution in [1.29, 1.82) is 0 Å². The van der Waals surface area contributed by atoms with Gasteiger partial charge in [-0.25, -0.2) is 0 Å². The monoisotopic (exact) mass is 238 g/mol. The highest BCUT2D eigenvalue weighted by Gasteiger charge is 2.21. The van der Waals surface area contributed by atoms with E-state index in [0.29, 0.717) is 0 Å². The first-order chi connectivity index (χ1) is 8.58. The number of hydrogen-bond donors (Lipinski definition) is 0. The van der Waals surface area contributed by atoms with E-state index in [1.165, 1.54) is 0 Å². The molecule has 0 bridgehead atoms. The van der Waals surface area contributed by atoms with Crippen LogP contribution in [0, 0.1) is 0 Å². The molecule has 0 aromatic heterocycles. The van der Waals surface area contributed by atoms with Crippen LogP contribution in [-0.2, 0) is 0 Å². The summed E-state index contributed by atoms with van der Waals surface area (Å²) in [4.78, 5) is 15.6. The first kappa shape index (κ1) is 11.0. The fraction of sp³-hybridized carbons (Fsp3) is 0.200. The number of hydrogen-bond acceptors (Lipinski definition) is 3. The largest absolute Gasteiger partial charge is 0.545 e. The Labute approximate surface area is 105 Å². The van der Waals surface area contributed by atoms with Crippen LogP contribution in [-0.4, -0.2) is 11.7 Å². The van der Waals surface area contributed by atoms with Gasteiger partial charge in [-0.3, -0.25) is 4.99 Å². The molecule has 0 amide bonds. The van der Waals surface area contributed by atoms with Crippen molar-refractivity contribution in [3.63, 3.8) is 0 Å². The molecule has 0 fully saturated rings. The topological polar surface area (TPSA) is 52.5 Å². The van der Waals surface area contributed by atoms with E-state index in [9.17, 15) is 9.90 Å². The third-order valence-corrected chi connectivity index (χ3v) is 3.64. The van der Waals surface area contributed by atoms with Crippen LogP contribution in [0.5, 0.6) is 0 Å². The molecule has 0 saturated heterocycles. The minimum absolute atomic E-state index is 0.243. The summed E-state index contributed by atoms with van der Waals surface area (Å²) >= 11 is 0. The Morgan fingerprint density at radius 3 is 2.83 bits per heavy atom. The lowest BCUT2D eigenvalue weighted by atomic mass is 9.94. The molecule has 2 aromatic rings. The maximum Gasteiger partial charge on any atom is 0.0721 e. The van der Waals surface area contributed by atoms with Gasteiger partial charge in [-0.05, 0) is 35.4 Å². The van der Waals surface area contributed by atoms with Crippen molar-refractivity contribution in [2.45, 2.75) is 19.8 Å². The Kier molecular flexibility index (Phi) is 2.23. The third-order valence-electron chi connectivity index (χ3n) is 3.64. The van der Waals surface area contributed by atoms with Gasteiger partial charge in [0.05, 0.1) is 11.7 Å². The quantitative estimate of drug-likeness (QED) is 0.766. The molecule has 3 rings (SSSR count). The Morgan fingerprint density at radius 2 is 2.11 bits per heavy atom. The number of carbonyl (C=O) groups excluding carboxylic acids is 1. The molecular weight excluding hydrogens is 226 g/mol. The number of rotatable bonds is 1. The molecule has 0 spiro atoms. The number of nitrogens with zero attached hydrogens (tertiary/aromatic N) is 1. The van der Waals surface area contributed by atoms with Gasteiger partial charge in [-0.15, -0.1) is 0 Å². The van der Waals surface area contributed by atoms with Crippen LogP contribution in [0.4, 0.5) is 5.69 Å². The second-order valence-electron chi connectivity index (χ2n) is 4.70. The average molecular weight is 238 g/mol. The van der Waals surface area contributed by atoms with Crippen LogP contribution < -0.4 is 5.11 Å². The van der Waals surface area contributed by atoms with E-state index in [1.807, 2.05) is 25.1 Å². The average Bonchev–Trinajstić information content (AvgIpc) is 2.61. The van der Waals surface area contributed by atoms with Crippen LogP contribution in [0.2, 0.25) is 0 Å². The molecule has 3 nitrogen and oxygen atoms in total. The van der Waals surface area contributed by atoms with Gasteiger partial charge >= 0.3 is 0 Å². The fourth-order valence-corrected chi connectivity index (χ4v) is 2.46. The van der Waals surface area contributed by atoms with Crippen LogP contribution in [0.15, 0.2) is 35.3 Å². The van der Waals surface area contributed by atoms with Gasteiger partial charge in [-0.2, -0.15) is 0 Å². The van der Waals surface area contributed by atoms with Crippen LogP contribution in [0.3, 0.4) is 0 Å². The van der Waals surface area contributed by atoms with Gasteiger partial charge in [0.25, 0.3) is 0 Å². The third kappa shape index (κ3) is 1.44. The Morgan fingerprint density at radius 1 is 1.33 bits per heavy atom. The van der Waals surface area contributed by atoms with Gasteiger partial charge in [0.2, 0.25) is 0 Å². The van der Waals surface area contributed by atoms with Gasteiger partial charge in [0.15, 0.2) is 0 Å².